The van der Waals surface area contributed by atoms with Crippen LogP contribution < -0.4 is 10.1 Å². The Kier molecular flexibility index (Phi) is 6.68. The molecule has 0 radical (unpaired) electrons. The van der Waals surface area contributed by atoms with E-state index in [1.54, 1.807) is 14.0 Å². The molecule has 19 heavy (non-hydrogen) atoms. The number of nitrogens with one attached hydrogen (secondary N) is 1. The van der Waals surface area contributed by atoms with Crippen LogP contribution >= 0.6 is 0 Å². The Morgan fingerprint density at radius 1 is 1.32 bits per heavy atom. The summed E-state index contributed by atoms with van der Waals surface area (Å²) in [6.07, 6.45) is 2.71. The van der Waals surface area contributed by atoms with Crippen LogP contribution in [0.3, 0.4) is 0 Å². The van der Waals surface area contributed by atoms with Gasteiger partial charge in [0.25, 0.3) is 0 Å². The highest BCUT2D eigenvalue weighted by Gasteiger charge is 2.02. The molecular weight excluding hydrogens is 242 g/mol. The van der Waals surface area contributed by atoms with Crippen molar-refractivity contribution in [1.29, 1.82) is 0 Å². The molecule has 0 aliphatic heterocycles. The van der Waals surface area contributed by atoms with Crippen molar-refractivity contribution in [3.8, 4) is 5.75 Å². The average Bonchev–Trinajstić information content (AvgIpc) is 2.46. The molecule has 1 aromatic carbocycles. The lowest BCUT2D eigenvalue weighted by Gasteiger charge is -2.08. The van der Waals surface area contributed by atoms with Gasteiger partial charge in [0.15, 0.2) is 0 Å². The second-order valence-electron chi connectivity index (χ2n) is 4.14. The Balaban J connectivity index is 2.33. The third-order valence-electron chi connectivity index (χ3n) is 2.82. The number of carbonyl (C=O) groups excluding carboxylic acids is 1. The minimum Gasteiger partial charge on any atom is -0.496 e. The fourth-order valence-corrected chi connectivity index (χ4v) is 1.70. The van der Waals surface area contributed by atoms with Crippen molar-refractivity contribution in [1.82, 2.24) is 5.32 Å². The molecule has 0 aromatic heterocycles. The van der Waals surface area contributed by atoms with E-state index in [4.69, 9.17) is 4.74 Å². The van der Waals surface area contributed by atoms with Gasteiger partial charge >= 0.3 is 5.97 Å². The molecule has 1 rings (SSSR count). The van der Waals surface area contributed by atoms with E-state index in [0.717, 1.165) is 18.7 Å². The molecule has 0 atom stereocenters. The zero-order valence-corrected chi connectivity index (χ0v) is 11.7. The number of esters is 1. The van der Waals surface area contributed by atoms with E-state index in [-0.39, 0.29) is 5.97 Å². The number of carbonyl (C=O) groups is 1. The van der Waals surface area contributed by atoms with E-state index in [1.807, 2.05) is 24.3 Å². The Labute approximate surface area is 114 Å². The monoisotopic (exact) mass is 263 g/mol. The van der Waals surface area contributed by atoms with Crippen LogP contribution in [0.25, 0.3) is 0 Å². The van der Waals surface area contributed by atoms with Gasteiger partial charge in [0.1, 0.15) is 5.75 Å². The molecule has 0 unspecified atom stereocenters. The zero-order chi connectivity index (χ0) is 14.1. The van der Waals surface area contributed by atoms with Gasteiger partial charge in [-0.15, -0.1) is 0 Å². The first kappa shape index (κ1) is 15.2. The van der Waals surface area contributed by atoms with Gasteiger partial charge in [0.05, 0.1) is 14.2 Å². The van der Waals surface area contributed by atoms with Gasteiger partial charge in [-0.1, -0.05) is 24.3 Å². The molecule has 0 saturated carbocycles. The summed E-state index contributed by atoms with van der Waals surface area (Å²) in [6.45, 7) is 3.22. The Morgan fingerprint density at radius 3 is 2.74 bits per heavy atom. The lowest BCUT2D eigenvalue weighted by atomic mass is 10.1. The Hall–Kier alpha value is -1.81. The van der Waals surface area contributed by atoms with E-state index in [0.29, 0.717) is 12.1 Å². The van der Waals surface area contributed by atoms with Crippen molar-refractivity contribution in [2.45, 2.75) is 13.3 Å². The maximum Gasteiger partial charge on any atom is 0.333 e. The summed E-state index contributed by atoms with van der Waals surface area (Å²) in [7, 11) is 3.06. The molecule has 1 N–H and O–H groups in total. The van der Waals surface area contributed by atoms with Gasteiger partial charge in [-0.25, -0.2) is 4.79 Å². The van der Waals surface area contributed by atoms with Gasteiger partial charge in [-0.3, -0.25) is 0 Å². The molecule has 0 bridgehead atoms. The average molecular weight is 263 g/mol. The minimum absolute atomic E-state index is 0.286. The van der Waals surface area contributed by atoms with Crippen LogP contribution in [-0.2, 0) is 16.0 Å². The number of hydrogen-bond donors (Lipinski definition) is 1. The van der Waals surface area contributed by atoms with Crippen molar-refractivity contribution in [2.75, 3.05) is 27.3 Å². The summed E-state index contributed by atoms with van der Waals surface area (Å²) in [5.74, 6) is 0.622. The zero-order valence-electron chi connectivity index (χ0n) is 11.7. The van der Waals surface area contributed by atoms with Crippen molar-refractivity contribution in [3.05, 3.63) is 41.5 Å². The molecule has 0 amide bonds. The fraction of sp³-hybridized carbons (Fsp3) is 0.400. The topological polar surface area (TPSA) is 47.6 Å². The highest BCUT2D eigenvalue weighted by molar-refractivity contribution is 5.87. The summed E-state index contributed by atoms with van der Waals surface area (Å²) in [6, 6.07) is 7.96. The van der Waals surface area contributed by atoms with Crippen molar-refractivity contribution in [3.63, 3.8) is 0 Å². The van der Waals surface area contributed by atoms with Crippen LogP contribution in [0.5, 0.6) is 5.75 Å². The van der Waals surface area contributed by atoms with Crippen LogP contribution in [0.1, 0.15) is 12.5 Å². The number of benzene rings is 1. The van der Waals surface area contributed by atoms with Crippen molar-refractivity contribution in [2.24, 2.45) is 0 Å². The van der Waals surface area contributed by atoms with Gasteiger partial charge < -0.3 is 14.8 Å². The molecule has 0 heterocycles. The van der Waals surface area contributed by atoms with Gasteiger partial charge in [0.2, 0.25) is 0 Å². The summed E-state index contributed by atoms with van der Waals surface area (Å²) in [4.78, 5) is 11.1. The molecule has 0 fully saturated rings. The molecular formula is C15H21NO3. The third kappa shape index (κ3) is 5.14. The van der Waals surface area contributed by atoms with Crippen LogP contribution in [0.2, 0.25) is 0 Å². The number of para-hydroxylation sites is 1. The summed E-state index contributed by atoms with van der Waals surface area (Å²) in [5.41, 5.74) is 1.79. The lowest BCUT2D eigenvalue weighted by molar-refractivity contribution is -0.136. The highest BCUT2D eigenvalue weighted by Crippen LogP contribution is 2.17. The van der Waals surface area contributed by atoms with Crippen molar-refractivity contribution >= 4 is 5.97 Å². The van der Waals surface area contributed by atoms with E-state index in [2.05, 4.69) is 16.1 Å². The van der Waals surface area contributed by atoms with E-state index in [1.165, 1.54) is 12.7 Å². The highest BCUT2D eigenvalue weighted by atomic mass is 16.5. The van der Waals surface area contributed by atoms with Crippen LogP contribution in [0.15, 0.2) is 35.9 Å². The van der Waals surface area contributed by atoms with E-state index in [9.17, 15) is 4.79 Å². The number of methoxy groups -OCH3 is 2. The fourth-order valence-electron chi connectivity index (χ4n) is 1.70. The standard InChI is InChI=1S/C15H21NO3/c1-12(15(17)19-3)8-10-16-11-9-13-6-4-5-7-14(13)18-2/h4-8,16H,9-11H2,1-3H3/b12-8+. The normalized spacial score (nSPS) is 11.2. The molecule has 0 aliphatic rings. The van der Waals surface area contributed by atoms with Crippen molar-refractivity contribution < 1.29 is 14.3 Å². The lowest BCUT2D eigenvalue weighted by Crippen LogP contribution is -2.18. The van der Waals surface area contributed by atoms with Crippen LogP contribution in [-0.4, -0.2) is 33.3 Å². The molecule has 0 aliphatic carbocycles. The predicted octanol–water partition coefficient (Wildman–Crippen LogP) is 1.95. The summed E-state index contributed by atoms with van der Waals surface area (Å²) >= 11 is 0. The first-order valence-electron chi connectivity index (χ1n) is 6.26. The Morgan fingerprint density at radius 2 is 2.05 bits per heavy atom. The maximum absolute atomic E-state index is 11.1. The molecule has 4 nitrogen and oxygen atoms in total. The number of rotatable bonds is 7. The largest absolute Gasteiger partial charge is 0.496 e. The predicted molar refractivity (Wildman–Crippen MR) is 75.3 cm³/mol. The second kappa shape index (κ2) is 8.32. The number of ether oxygens (including phenoxy) is 2. The molecule has 0 spiro atoms. The van der Waals surface area contributed by atoms with Crippen LogP contribution in [0.4, 0.5) is 0 Å². The number of hydrogen-bond acceptors (Lipinski definition) is 4. The second-order valence-corrected chi connectivity index (χ2v) is 4.14. The first-order chi connectivity index (χ1) is 9.19. The minimum atomic E-state index is -0.286. The van der Waals surface area contributed by atoms with E-state index < -0.39 is 0 Å². The van der Waals surface area contributed by atoms with E-state index >= 15 is 0 Å². The van der Waals surface area contributed by atoms with Gasteiger partial charge in [0, 0.05) is 12.1 Å². The van der Waals surface area contributed by atoms with Gasteiger partial charge in [-0.05, 0) is 31.5 Å². The maximum atomic E-state index is 11.1. The van der Waals surface area contributed by atoms with Gasteiger partial charge in [-0.2, -0.15) is 0 Å². The molecule has 0 saturated heterocycles. The molecule has 1 aromatic rings. The SMILES string of the molecule is COC(=O)/C(C)=C/CNCCc1ccccc1OC. The Bertz CT molecular complexity index is 441. The molecule has 104 valence electrons. The molecule has 4 heteroatoms. The smallest absolute Gasteiger partial charge is 0.333 e. The quantitative estimate of drug-likeness (QED) is 0.464. The summed E-state index contributed by atoms with van der Waals surface area (Å²) < 4.78 is 9.90. The van der Waals surface area contributed by atoms with Crippen LogP contribution in [0, 0.1) is 0 Å². The third-order valence-corrected chi connectivity index (χ3v) is 2.82. The first-order valence-corrected chi connectivity index (χ1v) is 6.26. The summed E-state index contributed by atoms with van der Waals surface area (Å²) in [5, 5.41) is 3.26.